The molecule has 172 valence electrons. The summed E-state index contributed by atoms with van der Waals surface area (Å²) < 4.78 is 0. The van der Waals surface area contributed by atoms with Gasteiger partial charge in [-0.25, -0.2) is 0 Å². The van der Waals surface area contributed by atoms with E-state index in [0.717, 1.165) is 0 Å². The second-order valence-electron chi connectivity index (χ2n) is 10.1. The summed E-state index contributed by atoms with van der Waals surface area (Å²) in [5, 5.41) is 0. The monoisotopic (exact) mass is 468 g/mol. The molecular weight excluding hydrogens is 444 g/mol. The SMILES string of the molecule is c1ccc(-c2ccc(-c3cccc4c3C3(c5ccccc5-c5ccccc53)c3ccccc3-4)cc2)cc1. The molecule has 37 heavy (non-hydrogen) atoms. The Morgan fingerprint density at radius 2 is 0.676 bits per heavy atom. The number of rotatable bonds is 2. The van der Waals surface area contributed by atoms with Crippen molar-refractivity contribution in [1.29, 1.82) is 0 Å². The van der Waals surface area contributed by atoms with Crippen LogP contribution in [0.25, 0.3) is 44.5 Å². The van der Waals surface area contributed by atoms with Crippen molar-refractivity contribution in [3.8, 4) is 44.5 Å². The van der Waals surface area contributed by atoms with Gasteiger partial charge in [-0.15, -0.1) is 0 Å². The molecule has 0 atom stereocenters. The van der Waals surface area contributed by atoms with E-state index in [4.69, 9.17) is 0 Å². The minimum absolute atomic E-state index is 0.326. The molecule has 0 saturated carbocycles. The van der Waals surface area contributed by atoms with Crippen molar-refractivity contribution in [2.45, 2.75) is 5.41 Å². The smallest absolute Gasteiger partial charge is 0.0622 e. The van der Waals surface area contributed by atoms with E-state index in [-0.39, 0.29) is 5.41 Å². The van der Waals surface area contributed by atoms with Gasteiger partial charge < -0.3 is 0 Å². The topological polar surface area (TPSA) is 0 Å². The first-order chi connectivity index (χ1) is 18.4. The maximum absolute atomic E-state index is 2.34. The van der Waals surface area contributed by atoms with Gasteiger partial charge in [-0.05, 0) is 66.8 Å². The third-order valence-corrected chi connectivity index (χ3v) is 8.32. The van der Waals surface area contributed by atoms with Crippen LogP contribution in [0.15, 0.2) is 146 Å². The number of fused-ring (bicyclic) bond motifs is 10. The summed E-state index contributed by atoms with van der Waals surface area (Å²) in [6.45, 7) is 0. The standard InChI is InChI=1S/C37H24/c1-2-11-25(12-3-1)26-21-23-27(24-22-26)28-16-10-17-32-31-15-6-9-20-35(31)37(36(28)32)33-18-7-4-13-29(33)30-14-5-8-19-34(30)37/h1-24H. The van der Waals surface area contributed by atoms with E-state index in [1.807, 2.05) is 0 Å². The van der Waals surface area contributed by atoms with Crippen LogP contribution in [-0.4, -0.2) is 0 Å². The van der Waals surface area contributed by atoms with Crippen LogP contribution in [0.1, 0.15) is 22.3 Å². The van der Waals surface area contributed by atoms with Crippen LogP contribution in [0, 0.1) is 0 Å². The summed E-state index contributed by atoms with van der Waals surface area (Å²) in [4.78, 5) is 0. The van der Waals surface area contributed by atoms with Gasteiger partial charge in [-0.2, -0.15) is 0 Å². The molecule has 2 aliphatic rings. The van der Waals surface area contributed by atoms with E-state index in [2.05, 4.69) is 146 Å². The highest BCUT2D eigenvalue weighted by Gasteiger charge is 2.52. The van der Waals surface area contributed by atoms with Gasteiger partial charge in [0.15, 0.2) is 0 Å². The molecule has 6 aromatic carbocycles. The predicted octanol–water partition coefficient (Wildman–Crippen LogP) is 9.36. The van der Waals surface area contributed by atoms with E-state index in [0.29, 0.717) is 0 Å². The van der Waals surface area contributed by atoms with Gasteiger partial charge >= 0.3 is 0 Å². The fourth-order valence-corrected chi connectivity index (χ4v) is 6.87. The Labute approximate surface area is 217 Å². The lowest BCUT2D eigenvalue weighted by Crippen LogP contribution is -2.26. The summed E-state index contributed by atoms with van der Waals surface area (Å²) in [6, 6.07) is 53.6. The van der Waals surface area contributed by atoms with Crippen LogP contribution in [0.2, 0.25) is 0 Å². The maximum Gasteiger partial charge on any atom is 0.0731 e. The van der Waals surface area contributed by atoms with E-state index in [9.17, 15) is 0 Å². The van der Waals surface area contributed by atoms with Crippen molar-refractivity contribution in [3.63, 3.8) is 0 Å². The summed E-state index contributed by atoms with van der Waals surface area (Å²) in [5.41, 5.74) is 15.6. The van der Waals surface area contributed by atoms with Crippen molar-refractivity contribution < 1.29 is 0 Å². The van der Waals surface area contributed by atoms with Gasteiger partial charge in [-0.1, -0.05) is 146 Å². The molecule has 0 radical (unpaired) electrons. The lowest BCUT2D eigenvalue weighted by molar-refractivity contribution is 0.796. The van der Waals surface area contributed by atoms with Crippen LogP contribution in [0.4, 0.5) is 0 Å². The van der Waals surface area contributed by atoms with Crippen LogP contribution < -0.4 is 0 Å². The van der Waals surface area contributed by atoms with Gasteiger partial charge in [0.2, 0.25) is 0 Å². The minimum atomic E-state index is -0.326. The van der Waals surface area contributed by atoms with Gasteiger partial charge in [0.25, 0.3) is 0 Å². The first kappa shape index (κ1) is 20.5. The molecular formula is C37H24. The molecule has 2 aliphatic carbocycles. The molecule has 0 nitrogen and oxygen atoms in total. The zero-order chi connectivity index (χ0) is 24.4. The second-order valence-corrected chi connectivity index (χ2v) is 10.1. The Morgan fingerprint density at radius 1 is 0.270 bits per heavy atom. The first-order valence-corrected chi connectivity index (χ1v) is 13.0. The normalized spacial score (nSPS) is 13.6. The molecule has 0 heteroatoms. The highest BCUT2D eigenvalue weighted by Crippen LogP contribution is 2.64. The molecule has 1 spiro atoms. The summed E-state index contributed by atoms with van der Waals surface area (Å²) in [6.07, 6.45) is 0. The van der Waals surface area contributed by atoms with E-state index < -0.39 is 0 Å². The molecule has 0 unspecified atom stereocenters. The van der Waals surface area contributed by atoms with Crippen LogP contribution in [-0.2, 0) is 5.41 Å². The third-order valence-electron chi connectivity index (χ3n) is 8.32. The Morgan fingerprint density at radius 3 is 1.27 bits per heavy atom. The predicted molar refractivity (Wildman–Crippen MR) is 154 cm³/mol. The van der Waals surface area contributed by atoms with Gasteiger partial charge in [0.1, 0.15) is 0 Å². The molecule has 0 N–H and O–H groups in total. The van der Waals surface area contributed by atoms with Crippen LogP contribution >= 0.6 is 0 Å². The zero-order valence-corrected chi connectivity index (χ0v) is 20.4. The maximum atomic E-state index is 2.34. The molecule has 0 bridgehead atoms. The van der Waals surface area contributed by atoms with Gasteiger partial charge in [0.05, 0.1) is 5.41 Å². The lowest BCUT2D eigenvalue weighted by atomic mass is 9.68. The zero-order valence-electron chi connectivity index (χ0n) is 20.4. The molecule has 0 aliphatic heterocycles. The van der Waals surface area contributed by atoms with Crippen LogP contribution in [0.3, 0.4) is 0 Å². The highest BCUT2D eigenvalue weighted by molar-refractivity contribution is 5.98. The first-order valence-electron chi connectivity index (χ1n) is 13.0. The van der Waals surface area contributed by atoms with Crippen LogP contribution in [0.5, 0.6) is 0 Å². The minimum Gasteiger partial charge on any atom is -0.0622 e. The average Bonchev–Trinajstić information content (AvgIpc) is 3.45. The van der Waals surface area contributed by atoms with Crippen molar-refractivity contribution in [2.75, 3.05) is 0 Å². The average molecular weight is 469 g/mol. The molecule has 0 amide bonds. The Hall–Kier alpha value is -4.68. The second kappa shape index (κ2) is 7.66. The molecule has 8 rings (SSSR count). The highest BCUT2D eigenvalue weighted by atomic mass is 14.5. The number of hydrogen-bond donors (Lipinski definition) is 0. The fourth-order valence-electron chi connectivity index (χ4n) is 6.87. The largest absolute Gasteiger partial charge is 0.0731 e. The summed E-state index contributed by atoms with van der Waals surface area (Å²) in [7, 11) is 0. The number of hydrogen-bond acceptors (Lipinski definition) is 0. The fraction of sp³-hybridized carbons (Fsp3) is 0.0270. The molecule has 6 aromatic rings. The third kappa shape index (κ3) is 2.68. The molecule has 0 fully saturated rings. The number of benzene rings is 6. The quantitative estimate of drug-likeness (QED) is 0.237. The Balaban J connectivity index is 1.44. The summed E-state index contributed by atoms with van der Waals surface area (Å²) >= 11 is 0. The Bertz CT molecular complexity index is 1740. The summed E-state index contributed by atoms with van der Waals surface area (Å²) in [5.74, 6) is 0. The van der Waals surface area contributed by atoms with Gasteiger partial charge in [-0.3, -0.25) is 0 Å². The molecule has 0 aromatic heterocycles. The van der Waals surface area contributed by atoms with E-state index >= 15 is 0 Å². The Kier molecular flexibility index (Phi) is 4.24. The van der Waals surface area contributed by atoms with Crippen molar-refractivity contribution in [3.05, 3.63) is 168 Å². The molecule has 0 saturated heterocycles. The van der Waals surface area contributed by atoms with Crippen molar-refractivity contribution in [1.82, 2.24) is 0 Å². The van der Waals surface area contributed by atoms with E-state index in [1.165, 1.54) is 66.8 Å². The van der Waals surface area contributed by atoms with Crippen molar-refractivity contribution >= 4 is 0 Å². The van der Waals surface area contributed by atoms with E-state index in [1.54, 1.807) is 0 Å². The van der Waals surface area contributed by atoms with Gasteiger partial charge in [0, 0.05) is 0 Å². The lowest BCUT2D eigenvalue weighted by Gasteiger charge is -2.32. The van der Waals surface area contributed by atoms with Crippen molar-refractivity contribution in [2.24, 2.45) is 0 Å². The molecule has 0 heterocycles.